The number of nitrogens with zero attached hydrogens (tertiary/aromatic N) is 3. The first-order valence-corrected chi connectivity index (χ1v) is 5.63. The van der Waals surface area contributed by atoms with Gasteiger partial charge in [0.1, 0.15) is 0 Å². The van der Waals surface area contributed by atoms with Crippen LogP contribution in [0.2, 0.25) is 0 Å². The zero-order valence-electron chi connectivity index (χ0n) is 10.3. The van der Waals surface area contributed by atoms with Crippen molar-refractivity contribution >= 4 is 0 Å². The Morgan fingerprint density at radius 3 is 2.81 bits per heavy atom. The summed E-state index contributed by atoms with van der Waals surface area (Å²) < 4.78 is 1.81. The van der Waals surface area contributed by atoms with Crippen LogP contribution in [0.25, 0.3) is 0 Å². The van der Waals surface area contributed by atoms with Crippen molar-refractivity contribution < 1.29 is 0 Å². The second kappa shape index (κ2) is 5.66. The second-order valence-corrected chi connectivity index (χ2v) is 4.77. The van der Waals surface area contributed by atoms with E-state index in [1.807, 2.05) is 38.0 Å². The highest BCUT2D eigenvalue weighted by Crippen LogP contribution is 2.16. The maximum atomic E-state index is 8.84. The van der Waals surface area contributed by atoms with E-state index in [2.05, 4.69) is 16.5 Å². The molecule has 1 aromatic heterocycles. The van der Waals surface area contributed by atoms with Crippen LogP contribution in [-0.2, 0) is 13.5 Å². The van der Waals surface area contributed by atoms with Gasteiger partial charge in [-0.2, -0.15) is 10.4 Å². The van der Waals surface area contributed by atoms with Gasteiger partial charge in [0.05, 0.1) is 17.7 Å². The van der Waals surface area contributed by atoms with Crippen LogP contribution in [0.15, 0.2) is 12.4 Å². The first kappa shape index (κ1) is 12.7. The lowest BCUT2D eigenvalue weighted by Crippen LogP contribution is -2.23. The molecular weight excluding hydrogens is 200 g/mol. The minimum absolute atomic E-state index is 0.221. The second-order valence-electron chi connectivity index (χ2n) is 4.77. The average Bonchev–Trinajstić information content (AvgIpc) is 2.64. The quantitative estimate of drug-likeness (QED) is 0.739. The minimum atomic E-state index is -0.221. The third kappa shape index (κ3) is 4.45. The van der Waals surface area contributed by atoms with E-state index in [0.717, 1.165) is 25.9 Å². The molecule has 0 spiro atoms. The molecule has 0 radical (unpaired) electrons. The number of aryl methyl sites for hydroxylation is 1. The van der Waals surface area contributed by atoms with Crippen LogP contribution in [0.5, 0.6) is 0 Å². The van der Waals surface area contributed by atoms with Crippen molar-refractivity contribution in [1.82, 2.24) is 15.1 Å². The Balaban J connectivity index is 2.11. The Hall–Kier alpha value is -1.34. The van der Waals surface area contributed by atoms with E-state index in [1.54, 1.807) is 0 Å². The molecule has 0 unspecified atom stereocenters. The summed E-state index contributed by atoms with van der Waals surface area (Å²) in [6.45, 7) is 5.76. The first-order chi connectivity index (χ1) is 7.53. The smallest absolute Gasteiger partial charge is 0.0684 e. The molecule has 0 aliphatic rings. The monoisotopic (exact) mass is 220 g/mol. The molecule has 0 saturated heterocycles. The van der Waals surface area contributed by atoms with Gasteiger partial charge >= 0.3 is 0 Å². The molecule has 0 amide bonds. The number of hydrogen-bond donors (Lipinski definition) is 1. The van der Waals surface area contributed by atoms with E-state index in [9.17, 15) is 0 Å². The summed E-state index contributed by atoms with van der Waals surface area (Å²) in [4.78, 5) is 0. The highest BCUT2D eigenvalue weighted by atomic mass is 15.2. The van der Waals surface area contributed by atoms with Gasteiger partial charge in [0.15, 0.2) is 0 Å². The molecule has 1 N–H and O–H groups in total. The Labute approximate surface area is 97.3 Å². The van der Waals surface area contributed by atoms with Crippen molar-refractivity contribution in [3.63, 3.8) is 0 Å². The normalized spacial score (nSPS) is 11.4. The Kier molecular flexibility index (Phi) is 4.51. The third-order valence-electron chi connectivity index (χ3n) is 2.58. The van der Waals surface area contributed by atoms with Crippen LogP contribution in [0.3, 0.4) is 0 Å². The summed E-state index contributed by atoms with van der Waals surface area (Å²) >= 11 is 0. The van der Waals surface area contributed by atoms with E-state index in [0.29, 0.717) is 0 Å². The molecule has 1 heterocycles. The SMILES string of the molecule is Cn1cc(CCNCCC(C)(C)C#N)cn1. The topological polar surface area (TPSA) is 53.6 Å². The fraction of sp³-hybridized carbons (Fsp3) is 0.667. The molecule has 1 rings (SSSR count). The van der Waals surface area contributed by atoms with Gasteiger partial charge in [0, 0.05) is 13.2 Å². The third-order valence-corrected chi connectivity index (χ3v) is 2.58. The van der Waals surface area contributed by atoms with Crippen LogP contribution < -0.4 is 5.32 Å². The van der Waals surface area contributed by atoms with E-state index < -0.39 is 0 Å². The molecule has 1 aromatic rings. The molecule has 0 aromatic carbocycles. The summed E-state index contributed by atoms with van der Waals surface area (Å²) in [6, 6.07) is 2.30. The van der Waals surface area contributed by atoms with Gasteiger partial charge in [-0.25, -0.2) is 0 Å². The van der Waals surface area contributed by atoms with Crippen molar-refractivity contribution in [2.24, 2.45) is 12.5 Å². The van der Waals surface area contributed by atoms with Crippen molar-refractivity contribution in [1.29, 1.82) is 5.26 Å². The summed E-state index contributed by atoms with van der Waals surface area (Å²) in [5, 5.41) is 16.3. The summed E-state index contributed by atoms with van der Waals surface area (Å²) in [6.07, 6.45) is 5.79. The number of hydrogen-bond acceptors (Lipinski definition) is 3. The maximum absolute atomic E-state index is 8.84. The molecule has 88 valence electrons. The van der Waals surface area contributed by atoms with E-state index in [1.165, 1.54) is 5.56 Å². The molecule has 16 heavy (non-hydrogen) atoms. The largest absolute Gasteiger partial charge is 0.316 e. The van der Waals surface area contributed by atoms with Gasteiger partial charge in [-0.15, -0.1) is 0 Å². The van der Waals surface area contributed by atoms with Crippen molar-refractivity contribution in [3.05, 3.63) is 18.0 Å². The molecule has 0 bridgehead atoms. The molecule has 0 atom stereocenters. The maximum Gasteiger partial charge on any atom is 0.0684 e. The van der Waals surface area contributed by atoms with Crippen LogP contribution >= 0.6 is 0 Å². The molecule has 4 nitrogen and oxygen atoms in total. The number of rotatable bonds is 6. The molecule has 0 aliphatic heterocycles. The number of nitriles is 1. The van der Waals surface area contributed by atoms with Crippen LogP contribution in [0.4, 0.5) is 0 Å². The predicted molar refractivity (Wildman–Crippen MR) is 63.8 cm³/mol. The first-order valence-electron chi connectivity index (χ1n) is 5.63. The Bertz CT molecular complexity index is 359. The summed E-state index contributed by atoms with van der Waals surface area (Å²) in [7, 11) is 1.92. The Morgan fingerprint density at radius 1 is 1.50 bits per heavy atom. The van der Waals surface area contributed by atoms with E-state index >= 15 is 0 Å². The van der Waals surface area contributed by atoms with Gasteiger partial charge < -0.3 is 5.32 Å². The predicted octanol–water partition coefficient (Wildman–Crippen LogP) is 1.49. The van der Waals surface area contributed by atoms with Crippen molar-refractivity contribution in [2.75, 3.05) is 13.1 Å². The molecule has 0 saturated carbocycles. The van der Waals surface area contributed by atoms with E-state index in [-0.39, 0.29) is 5.41 Å². The lowest BCUT2D eigenvalue weighted by atomic mass is 9.91. The van der Waals surface area contributed by atoms with Crippen molar-refractivity contribution in [3.8, 4) is 6.07 Å². The van der Waals surface area contributed by atoms with Crippen LogP contribution in [-0.4, -0.2) is 22.9 Å². The molecular formula is C12H20N4. The molecule has 0 fully saturated rings. The number of nitrogens with one attached hydrogen (secondary N) is 1. The van der Waals surface area contributed by atoms with Gasteiger partial charge in [-0.05, 0) is 45.3 Å². The number of aromatic nitrogens is 2. The lowest BCUT2D eigenvalue weighted by molar-refractivity contribution is 0.434. The zero-order valence-corrected chi connectivity index (χ0v) is 10.3. The molecule has 4 heteroatoms. The summed E-state index contributed by atoms with van der Waals surface area (Å²) in [5.41, 5.74) is 1.02. The van der Waals surface area contributed by atoms with Crippen LogP contribution in [0.1, 0.15) is 25.8 Å². The highest BCUT2D eigenvalue weighted by molar-refractivity contribution is 5.03. The fourth-order valence-corrected chi connectivity index (χ4v) is 1.42. The van der Waals surface area contributed by atoms with Gasteiger partial charge in [0.25, 0.3) is 0 Å². The summed E-state index contributed by atoms with van der Waals surface area (Å²) in [5.74, 6) is 0. The minimum Gasteiger partial charge on any atom is -0.316 e. The van der Waals surface area contributed by atoms with Crippen molar-refractivity contribution in [2.45, 2.75) is 26.7 Å². The average molecular weight is 220 g/mol. The molecule has 0 aliphatic carbocycles. The van der Waals surface area contributed by atoms with Gasteiger partial charge in [-0.1, -0.05) is 0 Å². The Morgan fingerprint density at radius 2 is 2.25 bits per heavy atom. The fourth-order valence-electron chi connectivity index (χ4n) is 1.42. The lowest BCUT2D eigenvalue weighted by Gasteiger charge is -2.14. The van der Waals surface area contributed by atoms with Gasteiger partial charge in [-0.3, -0.25) is 4.68 Å². The van der Waals surface area contributed by atoms with E-state index in [4.69, 9.17) is 5.26 Å². The standard InChI is InChI=1S/C12H20N4/c1-12(2,10-13)5-7-14-6-4-11-8-15-16(3)9-11/h8-9,14H,4-7H2,1-3H3. The van der Waals surface area contributed by atoms with Gasteiger partial charge in [0.2, 0.25) is 0 Å². The highest BCUT2D eigenvalue weighted by Gasteiger charge is 2.15. The van der Waals surface area contributed by atoms with Crippen LogP contribution in [0, 0.1) is 16.7 Å². The zero-order chi connectivity index (χ0) is 12.0.